The summed E-state index contributed by atoms with van der Waals surface area (Å²) in [5.41, 5.74) is 3.97. The first-order valence-electron chi connectivity index (χ1n) is 16.9. The van der Waals surface area contributed by atoms with Crippen molar-refractivity contribution in [1.82, 2.24) is 19.7 Å². The lowest BCUT2D eigenvalue weighted by atomic mass is 10.0. The van der Waals surface area contributed by atoms with Gasteiger partial charge in [0.1, 0.15) is 11.4 Å². The second-order valence-corrected chi connectivity index (χ2v) is 16.9. The van der Waals surface area contributed by atoms with Crippen LogP contribution in [0.25, 0.3) is 11.3 Å². The van der Waals surface area contributed by atoms with E-state index in [0.29, 0.717) is 30.9 Å². The van der Waals surface area contributed by atoms with Gasteiger partial charge in [0, 0.05) is 59.9 Å². The second kappa shape index (κ2) is 14.4. The highest BCUT2D eigenvalue weighted by molar-refractivity contribution is 9.10. The number of aryl methyl sites for hydroxylation is 1. The van der Waals surface area contributed by atoms with Crippen molar-refractivity contribution in [2.75, 3.05) is 43.4 Å². The number of nitrogens with zero attached hydrogens (tertiary/aromatic N) is 5. The van der Waals surface area contributed by atoms with E-state index in [4.69, 9.17) is 19.4 Å². The first-order valence-corrected chi connectivity index (χ1v) is 19.3. The third-order valence-corrected chi connectivity index (χ3v) is 11.4. The number of carbonyl (C=O) groups is 2. The van der Waals surface area contributed by atoms with Crippen LogP contribution in [0.5, 0.6) is 5.75 Å². The number of hydrogen-bond donors (Lipinski definition) is 0. The Balaban J connectivity index is 1.10. The van der Waals surface area contributed by atoms with Crippen LogP contribution in [0.2, 0.25) is 0 Å². The maximum atomic E-state index is 13.1. The molecule has 264 valence electrons. The number of piperidine rings is 1. The summed E-state index contributed by atoms with van der Waals surface area (Å²) in [6.45, 7) is 11.2. The molecule has 4 heterocycles. The molecular weight excluding hydrogens is 714 g/mol. The number of halogens is 1. The van der Waals surface area contributed by atoms with E-state index in [1.165, 1.54) is 0 Å². The van der Waals surface area contributed by atoms with E-state index in [9.17, 15) is 18.0 Å². The van der Waals surface area contributed by atoms with Crippen molar-refractivity contribution in [2.45, 2.75) is 83.0 Å². The molecule has 0 bridgehead atoms. The zero-order valence-corrected chi connectivity index (χ0v) is 30.9. The van der Waals surface area contributed by atoms with Crippen LogP contribution in [0.15, 0.2) is 51.8 Å². The van der Waals surface area contributed by atoms with E-state index >= 15 is 0 Å². The van der Waals surface area contributed by atoms with Gasteiger partial charge in [0.05, 0.1) is 28.6 Å². The Morgan fingerprint density at radius 2 is 1.80 bits per heavy atom. The molecule has 3 aliphatic rings. The van der Waals surface area contributed by atoms with Gasteiger partial charge in [-0.15, -0.1) is 5.06 Å². The molecule has 0 atom stereocenters. The van der Waals surface area contributed by atoms with Crippen molar-refractivity contribution in [3.05, 3.63) is 58.2 Å². The number of aromatic nitrogens is 2. The lowest BCUT2D eigenvalue weighted by molar-refractivity contribution is -0.151. The van der Waals surface area contributed by atoms with Gasteiger partial charge < -0.3 is 24.1 Å². The van der Waals surface area contributed by atoms with E-state index < -0.39 is 21.6 Å². The van der Waals surface area contributed by atoms with Crippen molar-refractivity contribution in [3.63, 3.8) is 0 Å². The van der Waals surface area contributed by atoms with Crippen molar-refractivity contribution in [1.29, 1.82) is 0 Å². The van der Waals surface area contributed by atoms with E-state index in [0.717, 1.165) is 72.4 Å². The molecule has 14 heteroatoms. The van der Waals surface area contributed by atoms with Crippen LogP contribution in [-0.4, -0.2) is 90.4 Å². The number of rotatable bonds is 9. The number of hydrogen-bond acceptors (Lipinski definition) is 10. The van der Waals surface area contributed by atoms with E-state index in [2.05, 4.69) is 25.5 Å². The average Bonchev–Trinajstić information content (AvgIpc) is 3.42. The predicted molar refractivity (Wildman–Crippen MR) is 188 cm³/mol. The minimum Gasteiger partial charge on any atom is -0.482 e. The monoisotopic (exact) mass is 757 g/mol. The van der Waals surface area contributed by atoms with Gasteiger partial charge in [-0.2, -0.15) is 5.10 Å². The molecule has 6 rings (SSSR count). The predicted octanol–water partition coefficient (Wildman–Crippen LogP) is 5.61. The Bertz CT molecular complexity index is 1800. The molecule has 0 saturated carbocycles. The van der Waals surface area contributed by atoms with Gasteiger partial charge in [-0.05, 0) is 76.9 Å². The average molecular weight is 759 g/mol. The highest BCUT2D eigenvalue weighted by Crippen LogP contribution is 2.38. The van der Waals surface area contributed by atoms with Crippen molar-refractivity contribution in [3.8, 4) is 17.0 Å². The maximum absolute atomic E-state index is 13.1. The summed E-state index contributed by atoms with van der Waals surface area (Å²) < 4.78 is 39.3. The van der Waals surface area contributed by atoms with Crippen molar-refractivity contribution in [2.24, 2.45) is 0 Å². The molecule has 1 fully saturated rings. The topological polar surface area (TPSA) is 124 Å². The summed E-state index contributed by atoms with van der Waals surface area (Å²) in [6, 6.07) is 12.9. The first kappa shape index (κ1) is 35.4. The zero-order chi connectivity index (χ0) is 34.9. The molecule has 0 unspecified atom stereocenters. The molecule has 49 heavy (non-hydrogen) atoms. The number of sulfone groups is 1. The number of ether oxygens (including phenoxy) is 2. The molecule has 0 spiro atoms. The van der Waals surface area contributed by atoms with Gasteiger partial charge in [0.2, 0.25) is 0 Å². The quantitative estimate of drug-likeness (QED) is 0.255. The lowest BCUT2D eigenvalue weighted by Crippen LogP contribution is -2.50. The molecule has 1 aromatic heterocycles. The smallest absolute Gasteiger partial charge is 0.482 e. The Hall–Kier alpha value is -3.46. The summed E-state index contributed by atoms with van der Waals surface area (Å²) >= 11 is 3.52. The number of anilines is 1. The van der Waals surface area contributed by atoms with Crippen LogP contribution < -0.4 is 9.64 Å². The number of likely N-dealkylation sites (tertiary alicyclic amines) is 1. The molecule has 0 N–H and O–H groups in total. The van der Waals surface area contributed by atoms with Crippen LogP contribution in [0, 0.1) is 0 Å². The Morgan fingerprint density at radius 1 is 1.06 bits per heavy atom. The lowest BCUT2D eigenvalue weighted by Gasteiger charge is -2.40. The number of fused-ring (bicyclic) bond motifs is 2. The number of carbonyl (C=O) groups excluding carboxylic acids is 2. The molecule has 0 radical (unpaired) electrons. The van der Waals surface area contributed by atoms with Crippen LogP contribution in [0.4, 0.5) is 10.5 Å². The molecule has 1 amide bonds. The number of benzene rings is 2. The number of amides is 1. The highest BCUT2D eigenvalue weighted by Gasteiger charge is 2.35. The van der Waals surface area contributed by atoms with Crippen molar-refractivity contribution < 1.29 is 32.3 Å². The second-order valence-electron chi connectivity index (χ2n) is 13.7. The maximum Gasteiger partial charge on any atom is 0.528 e. The summed E-state index contributed by atoms with van der Waals surface area (Å²) in [5, 5.41) is 6.72. The summed E-state index contributed by atoms with van der Waals surface area (Å²) in [6.07, 6.45) is 2.44. The Morgan fingerprint density at radius 3 is 2.49 bits per heavy atom. The molecule has 3 aromatic rings. The molecule has 0 aliphatic carbocycles. The van der Waals surface area contributed by atoms with Crippen molar-refractivity contribution >= 4 is 43.5 Å². The van der Waals surface area contributed by atoms with Gasteiger partial charge in [-0.3, -0.25) is 9.48 Å². The Labute approximate surface area is 296 Å². The molecule has 1 saturated heterocycles. The Kier molecular flexibility index (Phi) is 10.4. The normalized spacial score (nSPS) is 17.7. The third kappa shape index (κ3) is 8.13. The van der Waals surface area contributed by atoms with E-state index in [1.807, 2.05) is 45.0 Å². The fourth-order valence-electron chi connectivity index (χ4n) is 6.70. The largest absolute Gasteiger partial charge is 0.528 e. The summed E-state index contributed by atoms with van der Waals surface area (Å²) in [5.74, 6) is 0.395. The third-order valence-electron chi connectivity index (χ3n) is 9.13. The molecule has 2 aromatic carbocycles. The minimum atomic E-state index is -3.42. The van der Waals surface area contributed by atoms with Gasteiger partial charge in [-0.1, -0.05) is 35.0 Å². The zero-order valence-electron chi connectivity index (χ0n) is 28.5. The summed E-state index contributed by atoms with van der Waals surface area (Å²) in [4.78, 5) is 35.4. The standard InChI is InChI=1S/C35H44BrN5O7S/c1-5-49(44,45)27-11-12-31-30(21-27)41(32(42)23-46-31)26-13-18-38(19-14-26)16-6-17-40-29-15-20-39(48-34(43)47-35(2,3)4)22-28(29)33(37-40)24-7-9-25(36)10-8-24/h7-12,21,26H,5-6,13-20,22-23H2,1-4H3. The van der Waals surface area contributed by atoms with Crippen LogP contribution in [0.1, 0.15) is 58.2 Å². The van der Waals surface area contributed by atoms with Gasteiger partial charge in [0.25, 0.3) is 5.91 Å². The first-order chi connectivity index (χ1) is 23.3. The fourth-order valence-corrected chi connectivity index (χ4v) is 7.86. The van der Waals surface area contributed by atoms with Gasteiger partial charge in [0.15, 0.2) is 16.4 Å². The molecular formula is C35H44BrN5O7S. The van der Waals surface area contributed by atoms with E-state index in [1.54, 1.807) is 35.1 Å². The van der Waals surface area contributed by atoms with E-state index in [-0.39, 0.29) is 29.2 Å². The molecule has 12 nitrogen and oxygen atoms in total. The van der Waals surface area contributed by atoms with Crippen LogP contribution in [-0.2, 0) is 43.7 Å². The van der Waals surface area contributed by atoms with Crippen LogP contribution >= 0.6 is 15.9 Å². The minimum absolute atomic E-state index is 0.00712. The number of hydroxylamine groups is 2. The van der Waals surface area contributed by atoms with Gasteiger partial charge in [-0.25, -0.2) is 13.2 Å². The summed E-state index contributed by atoms with van der Waals surface area (Å²) in [7, 11) is -3.42. The fraction of sp³-hybridized carbons (Fsp3) is 0.514. The highest BCUT2D eigenvalue weighted by atomic mass is 79.9. The molecule has 3 aliphatic heterocycles. The van der Waals surface area contributed by atoms with Gasteiger partial charge >= 0.3 is 6.16 Å². The SMILES string of the molecule is CCS(=O)(=O)c1ccc2c(c1)N(C1CCN(CCCn3nc(-c4ccc(Br)cc4)c4c3CCN(OC(=O)OC(C)(C)C)C4)CC1)C(=O)CO2. The van der Waals surface area contributed by atoms with Crippen LogP contribution in [0.3, 0.4) is 0 Å².